The third kappa shape index (κ3) is 5.63. The molecule has 1 amide bonds. The summed E-state index contributed by atoms with van der Waals surface area (Å²) < 4.78 is 1.47. The molecule has 0 aliphatic rings. The van der Waals surface area contributed by atoms with E-state index in [1.807, 2.05) is 66.9 Å². The van der Waals surface area contributed by atoms with Gasteiger partial charge >= 0.3 is 0 Å². The average Bonchev–Trinajstić information content (AvgIpc) is 3.27. The number of rotatable bonds is 6. The van der Waals surface area contributed by atoms with Gasteiger partial charge in [-0.2, -0.15) is 0 Å². The zero-order valence-electron chi connectivity index (χ0n) is 18.0. The molecule has 2 aromatic heterocycles. The van der Waals surface area contributed by atoms with E-state index in [4.69, 9.17) is 12.2 Å². The minimum atomic E-state index is -0.282. The number of benzene rings is 2. The first-order valence-corrected chi connectivity index (χ1v) is 11.7. The zero-order chi connectivity index (χ0) is 23.2. The van der Waals surface area contributed by atoms with E-state index in [1.165, 1.54) is 22.2 Å². The van der Waals surface area contributed by atoms with E-state index >= 15 is 0 Å². The molecule has 0 unspecified atom stereocenters. The molecule has 3 N–H and O–H groups in total. The number of aromatic nitrogens is 2. The number of thiophene rings is 1. The molecule has 168 valence electrons. The summed E-state index contributed by atoms with van der Waals surface area (Å²) in [4.78, 5) is 30.4. The summed E-state index contributed by atoms with van der Waals surface area (Å²) >= 11 is 6.62. The lowest BCUT2D eigenvalue weighted by atomic mass is 10.1. The van der Waals surface area contributed by atoms with Crippen LogP contribution < -0.4 is 21.7 Å². The highest BCUT2D eigenvalue weighted by Gasteiger charge is 2.14. The monoisotopic (exact) mass is 477 g/mol. The Balaban J connectivity index is 1.35. The number of hydrazine groups is 1. The van der Waals surface area contributed by atoms with E-state index < -0.39 is 0 Å². The van der Waals surface area contributed by atoms with Crippen molar-refractivity contribution in [3.63, 3.8) is 0 Å². The van der Waals surface area contributed by atoms with E-state index in [1.54, 1.807) is 0 Å². The van der Waals surface area contributed by atoms with E-state index in [0.717, 1.165) is 22.3 Å². The second-order valence-electron chi connectivity index (χ2n) is 7.53. The predicted octanol–water partition coefficient (Wildman–Crippen LogP) is 3.52. The molecule has 9 heteroatoms. The second kappa shape index (κ2) is 10.4. The lowest BCUT2D eigenvalue weighted by Gasteiger charge is -2.12. The maximum atomic E-state index is 13.1. The molecule has 0 spiro atoms. The molecule has 2 aromatic carbocycles. The number of nitrogens with zero attached hydrogens (tertiary/aromatic N) is 2. The molecule has 33 heavy (non-hydrogen) atoms. The van der Waals surface area contributed by atoms with Crippen molar-refractivity contribution in [2.24, 2.45) is 0 Å². The van der Waals surface area contributed by atoms with Gasteiger partial charge in [0.25, 0.3) is 5.56 Å². The highest BCUT2D eigenvalue weighted by Crippen LogP contribution is 2.30. The number of hydrogen-bond acceptors (Lipinski definition) is 5. The second-order valence-corrected chi connectivity index (χ2v) is 8.80. The molecule has 7 nitrogen and oxygen atoms in total. The summed E-state index contributed by atoms with van der Waals surface area (Å²) in [6.07, 6.45) is 1.60. The van der Waals surface area contributed by atoms with Gasteiger partial charge in [-0.1, -0.05) is 60.2 Å². The normalized spacial score (nSPS) is 10.7. The lowest BCUT2D eigenvalue weighted by molar-refractivity contribution is -0.121. The molecular formula is C24H23N5O2S2. The van der Waals surface area contributed by atoms with Crippen LogP contribution in [0.3, 0.4) is 0 Å². The van der Waals surface area contributed by atoms with Crippen molar-refractivity contribution in [3.05, 3.63) is 87.8 Å². The largest absolute Gasteiger partial charge is 0.357 e. The van der Waals surface area contributed by atoms with Crippen LogP contribution in [-0.4, -0.2) is 20.6 Å². The molecule has 0 atom stereocenters. The van der Waals surface area contributed by atoms with Crippen molar-refractivity contribution in [2.75, 3.05) is 0 Å². The van der Waals surface area contributed by atoms with Crippen LogP contribution >= 0.6 is 23.6 Å². The van der Waals surface area contributed by atoms with Crippen molar-refractivity contribution in [2.45, 2.75) is 26.4 Å². The number of nitrogens with one attached hydrogen (secondary N) is 3. The smallest absolute Gasteiger partial charge is 0.262 e. The van der Waals surface area contributed by atoms with Crippen molar-refractivity contribution in [1.82, 2.24) is 25.7 Å². The average molecular weight is 478 g/mol. The highest BCUT2D eigenvalue weighted by molar-refractivity contribution is 7.80. The molecule has 0 fully saturated rings. The molecule has 0 saturated heterocycles. The van der Waals surface area contributed by atoms with Gasteiger partial charge in [0.15, 0.2) is 5.11 Å². The van der Waals surface area contributed by atoms with Crippen molar-refractivity contribution >= 4 is 44.8 Å². The molecule has 0 radical (unpaired) electrons. The topological polar surface area (TPSA) is 88.1 Å². The van der Waals surface area contributed by atoms with Crippen LogP contribution in [0.2, 0.25) is 0 Å². The Kier molecular flexibility index (Phi) is 7.11. The Morgan fingerprint density at radius 1 is 1.09 bits per heavy atom. The standard InChI is InChI=1S/C24H23N5O2S2/c1-16-7-9-18(10-8-16)19-14-33-22-21(19)23(31)29(15-26-22)12-11-20(30)27-28-24(32)25-13-17-5-3-2-4-6-17/h2-10,14-15H,11-13H2,1H3,(H,27,30)(H2,25,28,32). The van der Waals surface area contributed by atoms with Crippen LogP contribution in [0.25, 0.3) is 21.3 Å². The van der Waals surface area contributed by atoms with Gasteiger partial charge in [-0.05, 0) is 30.3 Å². The van der Waals surface area contributed by atoms with Crippen molar-refractivity contribution < 1.29 is 4.79 Å². The summed E-state index contributed by atoms with van der Waals surface area (Å²) in [7, 11) is 0. The van der Waals surface area contributed by atoms with Gasteiger partial charge in [0.1, 0.15) is 4.83 Å². The molecule has 0 bridgehead atoms. The summed E-state index contributed by atoms with van der Waals surface area (Å²) in [5.74, 6) is -0.282. The van der Waals surface area contributed by atoms with Gasteiger partial charge in [-0.3, -0.25) is 25.0 Å². The summed E-state index contributed by atoms with van der Waals surface area (Å²) in [5.41, 5.74) is 9.16. The Bertz CT molecular complexity index is 1330. The van der Waals surface area contributed by atoms with Crippen LogP contribution in [0, 0.1) is 6.92 Å². The SMILES string of the molecule is Cc1ccc(-c2csc3ncn(CCC(=O)NNC(=S)NCc4ccccc4)c(=O)c23)cc1. The quantitative estimate of drug-likeness (QED) is 0.291. The Labute approximate surface area is 200 Å². The number of amides is 1. The lowest BCUT2D eigenvalue weighted by Crippen LogP contribution is -2.46. The van der Waals surface area contributed by atoms with Gasteiger partial charge < -0.3 is 5.32 Å². The van der Waals surface area contributed by atoms with Crippen molar-refractivity contribution in [3.8, 4) is 11.1 Å². The number of thiocarbonyl (C=S) groups is 1. The van der Waals surface area contributed by atoms with E-state index in [0.29, 0.717) is 21.9 Å². The molecule has 0 saturated carbocycles. The molecule has 4 rings (SSSR count). The maximum absolute atomic E-state index is 13.1. The third-order valence-corrected chi connectivity index (χ3v) is 6.25. The number of hydrogen-bond donors (Lipinski definition) is 3. The van der Waals surface area contributed by atoms with Gasteiger partial charge in [-0.25, -0.2) is 4.98 Å². The van der Waals surface area contributed by atoms with E-state index in [9.17, 15) is 9.59 Å². The van der Waals surface area contributed by atoms with Gasteiger partial charge in [0.05, 0.1) is 11.7 Å². The summed E-state index contributed by atoms with van der Waals surface area (Å²) in [6.45, 7) is 2.78. The third-order valence-electron chi connectivity index (χ3n) is 5.11. The molecule has 0 aliphatic carbocycles. The first-order chi connectivity index (χ1) is 16.0. The van der Waals surface area contributed by atoms with Crippen LogP contribution in [0.5, 0.6) is 0 Å². The first-order valence-electron chi connectivity index (χ1n) is 10.4. The summed E-state index contributed by atoms with van der Waals surface area (Å²) in [5, 5.41) is 5.87. The number of aryl methyl sites for hydroxylation is 2. The zero-order valence-corrected chi connectivity index (χ0v) is 19.6. The fraction of sp³-hybridized carbons (Fsp3) is 0.167. The van der Waals surface area contributed by atoms with Crippen molar-refractivity contribution in [1.29, 1.82) is 0 Å². The Hall–Kier alpha value is -3.56. The molecule has 0 aliphatic heterocycles. The van der Waals surface area contributed by atoms with Gasteiger partial charge in [-0.15, -0.1) is 11.3 Å². The number of fused-ring (bicyclic) bond motifs is 1. The number of carbonyl (C=O) groups excluding carboxylic acids is 1. The van der Waals surface area contributed by atoms with Crippen LogP contribution in [-0.2, 0) is 17.9 Å². The molecule has 2 heterocycles. The van der Waals surface area contributed by atoms with Gasteiger partial charge in [0.2, 0.25) is 5.91 Å². The van der Waals surface area contributed by atoms with Crippen LogP contribution in [0.1, 0.15) is 17.5 Å². The van der Waals surface area contributed by atoms with E-state index in [2.05, 4.69) is 21.2 Å². The van der Waals surface area contributed by atoms with Gasteiger partial charge in [0, 0.05) is 30.5 Å². The maximum Gasteiger partial charge on any atom is 0.262 e. The first kappa shape index (κ1) is 22.6. The fourth-order valence-electron chi connectivity index (χ4n) is 3.31. The molecule has 4 aromatic rings. The number of carbonyl (C=O) groups is 1. The summed E-state index contributed by atoms with van der Waals surface area (Å²) in [6, 6.07) is 17.8. The fourth-order valence-corrected chi connectivity index (χ4v) is 4.34. The Morgan fingerprint density at radius 3 is 2.61 bits per heavy atom. The predicted molar refractivity (Wildman–Crippen MR) is 136 cm³/mol. The molecular weight excluding hydrogens is 454 g/mol. The minimum Gasteiger partial charge on any atom is -0.357 e. The highest BCUT2D eigenvalue weighted by atomic mass is 32.1. The minimum absolute atomic E-state index is 0.103. The Morgan fingerprint density at radius 2 is 1.85 bits per heavy atom. The van der Waals surface area contributed by atoms with Crippen LogP contribution in [0.4, 0.5) is 0 Å². The van der Waals surface area contributed by atoms with Crippen LogP contribution in [0.15, 0.2) is 71.1 Å². The van der Waals surface area contributed by atoms with E-state index in [-0.39, 0.29) is 24.4 Å².